The molecular weight excluding hydrogens is 196 g/mol. The standard InChI is InChI=1S/C9H10N4O2/c1-4-7(12-5(2)11-4)8-10-3-6(13-8)9(14)15/h3H,1-2H3,(H,10,13)(H,11,12)(H,14,15). The van der Waals surface area contributed by atoms with Crippen LogP contribution < -0.4 is 0 Å². The highest BCUT2D eigenvalue weighted by Crippen LogP contribution is 2.17. The van der Waals surface area contributed by atoms with E-state index in [0.29, 0.717) is 11.5 Å². The number of aromatic amines is 2. The van der Waals surface area contributed by atoms with Crippen molar-refractivity contribution in [3.63, 3.8) is 0 Å². The zero-order chi connectivity index (χ0) is 11.0. The number of aryl methyl sites for hydroxylation is 2. The number of rotatable bonds is 2. The average molecular weight is 206 g/mol. The van der Waals surface area contributed by atoms with E-state index >= 15 is 0 Å². The minimum Gasteiger partial charge on any atom is -0.477 e. The summed E-state index contributed by atoms with van der Waals surface area (Å²) in [6.07, 6.45) is 1.28. The van der Waals surface area contributed by atoms with Gasteiger partial charge < -0.3 is 15.1 Å². The van der Waals surface area contributed by atoms with Gasteiger partial charge in [0.05, 0.1) is 6.20 Å². The fourth-order valence-corrected chi connectivity index (χ4v) is 1.39. The molecule has 6 nitrogen and oxygen atoms in total. The number of aromatic nitrogens is 4. The molecule has 0 atom stereocenters. The van der Waals surface area contributed by atoms with Gasteiger partial charge in [-0.3, -0.25) is 0 Å². The minimum absolute atomic E-state index is 0.0602. The third kappa shape index (κ3) is 1.61. The molecule has 0 aromatic carbocycles. The molecule has 0 aliphatic heterocycles. The topological polar surface area (TPSA) is 94.7 Å². The van der Waals surface area contributed by atoms with Gasteiger partial charge in [-0.2, -0.15) is 0 Å². The second-order valence-electron chi connectivity index (χ2n) is 3.25. The van der Waals surface area contributed by atoms with Gasteiger partial charge in [0, 0.05) is 5.69 Å². The van der Waals surface area contributed by atoms with E-state index in [4.69, 9.17) is 5.11 Å². The Morgan fingerprint density at radius 2 is 2.13 bits per heavy atom. The third-order valence-electron chi connectivity index (χ3n) is 2.03. The van der Waals surface area contributed by atoms with Crippen LogP contribution in [-0.2, 0) is 0 Å². The number of nitrogens with one attached hydrogen (secondary N) is 2. The number of aromatic carboxylic acids is 1. The molecule has 0 aliphatic rings. The highest BCUT2D eigenvalue weighted by Gasteiger charge is 2.13. The first-order valence-electron chi connectivity index (χ1n) is 4.40. The van der Waals surface area contributed by atoms with Crippen LogP contribution in [0.4, 0.5) is 0 Å². The highest BCUT2D eigenvalue weighted by atomic mass is 16.4. The van der Waals surface area contributed by atoms with Crippen molar-refractivity contribution in [2.24, 2.45) is 0 Å². The van der Waals surface area contributed by atoms with E-state index in [2.05, 4.69) is 19.9 Å². The van der Waals surface area contributed by atoms with Crippen molar-refractivity contribution < 1.29 is 9.90 Å². The Labute approximate surface area is 85.4 Å². The number of H-pyrrole nitrogens is 2. The maximum absolute atomic E-state index is 10.6. The molecule has 2 aromatic heterocycles. The summed E-state index contributed by atoms with van der Waals surface area (Å²) in [4.78, 5) is 24.5. The number of hydrogen-bond acceptors (Lipinski definition) is 3. The van der Waals surface area contributed by atoms with E-state index in [0.717, 1.165) is 11.5 Å². The molecule has 2 aromatic rings. The molecule has 0 saturated heterocycles. The molecule has 0 fully saturated rings. The maximum Gasteiger partial charge on any atom is 0.353 e. The van der Waals surface area contributed by atoms with E-state index in [-0.39, 0.29) is 5.69 Å². The third-order valence-corrected chi connectivity index (χ3v) is 2.03. The molecule has 0 saturated carbocycles. The quantitative estimate of drug-likeness (QED) is 0.686. The lowest BCUT2D eigenvalue weighted by Gasteiger charge is -1.91. The van der Waals surface area contributed by atoms with Gasteiger partial charge in [-0.15, -0.1) is 0 Å². The van der Waals surface area contributed by atoms with Crippen molar-refractivity contribution >= 4 is 5.97 Å². The van der Waals surface area contributed by atoms with Gasteiger partial charge in [-0.25, -0.2) is 14.8 Å². The van der Waals surface area contributed by atoms with E-state index in [9.17, 15) is 4.79 Å². The second kappa shape index (κ2) is 3.23. The molecule has 0 amide bonds. The molecule has 0 bridgehead atoms. The first kappa shape index (κ1) is 9.45. The van der Waals surface area contributed by atoms with Crippen molar-refractivity contribution in [3.8, 4) is 11.5 Å². The van der Waals surface area contributed by atoms with Gasteiger partial charge in [0.1, 0.15) is 17.2 Å². The first-order chi connectivity index (χ1) is 7.08. The van der Waals surface area contributed by atoms with Gasteiger partial charge in [-0.05, 0) is 13.8 Å². The van der Waals surface area contributed by atoms with Gasteiger partial charge >= 0.3 is 5.97 Å². The molecule has 0 spiro atoms. The molecule has 0 aliphatic carbocycles. The molecule has 3 N–H and O–H groups in total. The number of carboxylic acid groups (broad SMARTS) is 1. The predicted molar refractivity (Wildman–Crippen MR) is 52.6 cm³/mol. The van der Waals surface area contributed by atoms with Crippen molar-refractivity contribution in [3.05, 3.63) is 23.4 Å². The molecule has 78 valence electrons. The van der Waals surface area contributed by atoms with Crippen LogP contribution in [0.3, 0.4) is 0 Å². The zero-order valence-electron chi connectivity index (χ0n) is 8.33. The first-order valence-corrected chi connectivity index (χ1v) is 4.40. The summed E-state index contributed by atoms with van der Waals surface area (Å²) in [7, 11) is 0. The summed E-state index contributed by atoms with van der Waals surface area (Å²) in [6, 6.07) is 0. The number of nitrogens with zero attached hydrogens (tertiary/aromatic N) is 2. The summed E-state index contributed by atoms with van der Waals surface area (Å²) in [5.74, 6) is 0.212. The van der Waals surface area contributed by atoms with Crippen LogP contribution in [0.1, 0.15) is 22.0 Å². The summed E-state index contributed by atoms with van der Waals surface area (Å²) in [6.45, 7) is 3.69. The Hall–Kier alpha value is -2.11. The number of hydrogen-bond donors (Lipinski definition) is 3. The molecule has 2 rings (SSSR count). The summed E-state index contributed by atoms with van der Waals surface area (Å²) < 4.78 is 0. The van der Waals surface area contributed by atoms with E-state index < -0.39 is 5.97 Å². The average Bonchev–Trinajstić information content (AvgIpc) is 2.71. The van der Waals surface area contributed by atoms with Crippen LogP contribution in [0.2, 0.25) is 0 Å². The molecule has 0 radical (unpaired) electrons. The lowest BCUT2D eigenvalue weighted by atomic mass is 10.3. The monoisotopic (exact) mass is 206 g/mol. The highest BCUT2D eigenvalue weighted by molar-refractivity contribution is 5.85. The second-order valence-corrected chi connectivity index (χ2v) is 3.25. The largest absolute Gasteiger partial charge is 0.477 e. The van der Waals surface area contributed by atoms with E-state index in [1.807, 2.05) is 13.8 Å². The van der Waals surface area contributed by atoms with Gasteiger partial charge in [-0.1, -0.05) is 0 Å². The van der Waals surface area contributed by atoms with Crippen LogP contribution >= 0.6 is 0 Å². The molecule has 6 heteroatoms. The van der Waals surface area contributed by atoms with Crippen molar-refractivity contribution in [2.45, 2.75) is 13.8 Å². The van der Waals surface area contributed by atoms with E-state index in [1.54, 1.807) is 0 Å². The maximum atomic E-state index is 10.6. The zero-order valence-corrected chi connectivity index (χ0v) is 8.33. The van der Waals surface area contributed by atoms with Gasteiger partial charge in [0.2, 0.25) is 0 Å². The normalized spacial score (nSPS) is 10.5. The van der Waals surface area contributed by atoms with Gasteiger partial charge in [0.25, 0.3) is 0 Å². The van der Waals surface area contributed by atoms with Crippen molar-refractivity contribution in [1.82, 2.24) is 19.9 Å². The van der Waals surface area contributed by atoms with Gasteiger partial charge in [0.15, 0.2) is 5.82 Å². The fourth-order valence-electron chi connectivity index (χ4n) is 1.39. The smallest absolute Gasteiger partial charge is 0.353 e. The molecular formula is C9H10N4O2. The lowest BCUT2D eigenvalue weighted by Crippen LogP contribution is -1.95. The van der Waals surface area contributed by atoms with Crippen LogP contribution in [0.15, 0.2) is 6.20 Å². The van der Waals surface area contributed by atoms with Crippen molar-refractivity contribution in [1.29, 1.82) is 0 Å². The Kier molecular flexibility index (Phi) is 2.03. The van der Waals surface area contributed by atoms with Crippen LogP contribution in [-0.4, -0.2) is 31.0 Å². The number of imidazole rings is 2. The Bertz CT molecular complexity index is 512. The summed E-state index contributed by atoms with van der Waals surface area (Å²) in [5, 5.41) is 8.72. The predicted octanol–water partition coefficient (Wildman–Crippen LogP) is 1.11. The lowest BCUT2D eigenvalue weighted by molar-refractivity contribution is 0.0691. The number of carboxylic acids is 1. The van der Waals surface area contributed by atoms with Crippen LogP contribution in [0, 0.1) is 13.8 Å². The summed E-state index contributed by atoms with van der Waals surface area (Å²) >= 11 is 0. The summed E-state index contributed by atoms with van der Waals surface area (Å²) in [5.41, 5.74) is 1.57. The molecule has 0 unspecified atom stereocenters. The Morgan fingerprint density at radius 1 is 1.40 bits per heavy atom. The van der Waals surface area contributed by atoms with Crippen molar-refractivity contribution in [2.75, 3.05) is 0 Å². The number of carbonyl (C=O) groups is 1. The fraction of sp³-hybridized carbons (Fsp3) is 0.222. The molecule has 15 heavy (non-hydrogen) atoms. The Balaban J connectivity index is 2.45. The van der Waals surface area contributed by atoms with E-state index in [1.165, 1.54) is 6.20 Å². The van der Waals surface area contributed by atoms with Crippen LogP contribution in [0.25, 0.3) is 11.5 Å². The SMILES string of the molecule is Cc1nc(-c2ncc(C(=O)O)[nH]2)c(C)[nH]1. The Morgan fingerprint density at radius 3 is 2.60 bits per heavy atom. The minimum atomic E-state index is -1.03. The van der Waals surface area contributed by atoms with Crippen LogP contribution in [0.5, 0.6) is 0 Å². The molecule has 2 heterocycles.